The van der Waals surface area contributed by atoms with Gasteiger partial charge in [0.25, 0.3) is 0 Å². The smallest absolute Gasteiger partial charge is 0.339 e. The van der Waals surface area contributed by atoms with Gasteiger partial charge in [-0.2, -0.15) is 0 Å². The summed E-state index contributed by atoms with van der Waals surface area (Å²) in [6, 6.07) is 7.50. The molecular formula is C27H46O2. The lowest BCUT2D eigenvalue weighted by molar-refractivity contribution is 0.00954. The van der Waals surface area contributed by atoms with Gasteiger partial charge < -0.3 is 4.74 Å². The van der Waals surface area contributed by atoms with Crippen molar-refractivity contribution >= 4 is 5.97 Å². The van der Waals surface area contributed by atoms with Crippen LogP contribution >= 0.6 is 0 Å². The standard InChI is InChI=1S/C10H10O2.C10H16.C3H8.2C2H6/c1-10(2)8-6-4-3-5-7(8)9(11)12-10;1-2-9-7-4-5-8(6-7)10(9)3-1;1-3-2;2*1-2/h3-6H,1-2H3;7-10H,1-6H2;3H2,1-2H3;2*1-2H3. The summed E-state index contributed by atoms with van der Waals surface area (Å²) >= 11 is 0. The van der Waals surface area contributed by atoms with E-state index < -0.39 is 5.60 Å². The maximum Gasteiger partial charge on any atom is 0.339 e. The third-order valence-corrected chi connectivity index (χ3v) is 6.49. The lowest BCUT2D eigenvalue weighted by atomic mass is 9.82. The first kappa shape index (κ1) is 25.7. The summed E-state index contributed by atoms with van der Waals surface area (Å²) in [6.07, 6.45) is 10.8. The van der Waals surface area contributed by atoms with Gasteiger partial charge in [-0.05, 0) is 75.7 Å². The van der Waals surface area contributed by atoms with Gasteiger partial charge in [0.2, 0.25) is 0 Å². The highest BCUT2D eigenvalue weighted by Gasteiger charge is 2.48. The molecule has 0 spiro atoms. The molecule has 3 fully saturated rings. The van der Waals surface area contributed by atoms with Gasteiger partial charge in [0.1, 0.15) is 5.60 Å². The highest BCUT2D eigenvalue weighted by Crippen LogP contribution is 2.58. The van der Waals surface area contributed by atoms with Crippen LogP contribution in [0.15, 0.2) is 24.3 Å². The molecule has 1 aliphatic heterocycles. The van der Waals surface area contributed by atoms with Crippen LogP contribution in [0, 0.1) is 23.7 Å². The summed E-state index contributed by atoms with van der Waals surface area (Å²) in [4.78, 5) is 11.3. The van der Waals surface area contributed by atoms with Crippen molar-refractivity contribution in [2.75, 3.05) is 0 Å². The lowest BCUT2D eigenvalue weighted by Gasteiger charge is -2.23. The Hall–Kier alpha value is -1.31. The summed E-state index contributed by atoms with van der Waals surface area (Å²) in [6.45, 7) is 16.0. The SMILES string of the molecule is C1CC2C3CCC(C3)C2C1.CC.CC.CC1(C)OC(=O)c2ccccc21.CCC. The van der Waals surface area contributed by atoms with Gasteiger partial charge in [0, 0.05) is 5.56 Å². The zero-order chi connectivity index (χ0) is 22.0. The quantitative estimate of drug-likeness (QED) is 0.407. The van der Waals surface area contributed by atoms with Gasteiger partial charge in [-0.3, -0.25) is 0 Å². The Morgan fingerprint density at radius 2 is 1.38 bits per heavy atom. The zero-order valence-corrected chi connectivity index (χ0v) is 20.4. The first-order valence-electron chi connectivity index (χ1n) is 12.3. The molecule has 3 aliphatic carbocycles. The molecule has 5 rings (SSSR count). The minimum atomic E-state index is -0.451. The molecule has 29 heavy (non-hydrogen) atoms. The highest BCUT2D eigenvalue weighted by molar-refractivity contribution is 5.94. The number of rotatable bonds is 0. The Balaban J connectivity index is 0.000000224. The van der Waals surface area contributed by atoms with Crippen LogP contribution in [0.3, 0.4) is 0 Å². The predicted molar refractivity (Wildman–Crippen MR) is 125 cm³/mol. The molecule has 0 aromatic heterocycles. The van der Waals surface area contributed by atoms with Crippen LogP contribution < -0.4 is 0 Å². The van der Waals surface area contributed by atoms with E-state index in [1.54, 1.807) is 44.6 Å². The van der Waals surface area contributed by atoms with Crippen LogP contribution in [0.4, 0.5) is 0 Å². The van der Waals surface area contributed by atoms with Gasteiger partial charge in [0.05, 0.1) is 5.56 Å². The van der Waals surface area contributed by atoms with Crippen LogP contribution in [-0.2, 0) is 10.3 Å². The fraction of sp³-hybridized carbons (Fsp3) is 0.741. The van der Waals surface area contributed by atoms with Gasteiger partial charge in [-0.1, -0.05) is 72.6 Å². The summed E-state index contributed by atoms with van der Waals surface area (Å²) in [7, 11) is 0. The molecule has 2 heteroatoms. The fourth-order valence-electron chi connectivity index (χ4n) is 5.55. The van der Waals surface area contributed by atoms with Crippen molar-refractivity contribution in [3.05, 3.63) is 35.4 Å². The number of cyclic esters (lactones) is 1. The molecule has 3 saturated carbocycles. The van der Waals surface area contributed by atoms with E-state index in [9.17, 15) is 4.79 Å². The van der Waals surface area contributed by atoms with E-state index in [0.717, 1.165) is 5.56 Å². The molecule has 4 atom stereocenters. The maximum absolute atomic E-state index is 11.3. The highest BCUT2D eigenvalue weighted by atomic mass is 16.6. The van der Waals surface area contributed by atoms with Gasteiger partial charge in [-0.25, -0.2) is 4.79 Å². The monoisotopic (exact) mass is 402 g/mol. The van der Waals surface area contributed by atoms with Crippen molar-refractivity contribution in [3.8, 4) is 0 Å². The molecule has 166 valence electrons. The Morgan fingerprint density at radius 3 is 1.86 bits per heavy atom. The Kier molecular flexibility index (Phi) is 11.0. The molecular weight excluding hydrogens is 356 g/mol. The third kappa shape index (κ3) is 6.09. The van der Waals surface area contributed by atoms with E-state index in [1.165, 1.54) is 30.1 Å². The van der Waals surface area contributed by atoms with Gasteiger partial charge >= 0.3 is 5.97 Å². The topological polar surface area (TPSA) is 26.3 Å². The van der Waals surface area contributed by atoms with E-state index in [-0.39, 0.29) is 5.97 Å². The lowest BCUT2D eigenvalue weighted by Crippen LogP contribution is -2.15. The third-order valence-electron chi connectivity index (χ3n) is 6.49. The number of carbonyl (C=O) groups is 1. The number of fused-ring (bicyclic) bond motifs is 6. The van der Waals surface area contributed by atoms with Crippen LogP contribution in [-0.4, -0.2) is 5.97 Å². The summed E-state index contributed by atoms with van der Waals surface area (Å²) in [5.74, 6) is 4.59. The Bertz CT molecular complexity index is 588. The molecule has 4 aliphatic rings. The van der Waals surface area contributed by atoms with E-state index in [0.29, 0.717) is 5.56 Å². The molecule has 0 amide bonds. The van der Waals surface area contributed by atoms with Crippen molar-refractivity contribution in [2.24, 2.45) is 23.7 Å². The second-order valence-electron chi connectivity index (χ2n) is 8.74. The van der Waals surface area contributed by atoms with Gasteiger partial charge in [-0.15, -0.1) is 0 Å². The average molecular weight is 403 g/mol. The average Bonchev–Trinajstić information content (AvgIpc) is 3.49. The van der Waals surface area contributed by atoms with Crippen molar-refractivity contribution in [2.45, 2.75) is 106 Å². The first-order valence-corrected chi connectivity index (χ1v) is 12.3. The van der Waals surface area contributed by atoms with Gasteiger partial charge in [0.15, 0.2) is 0 Å². The molecule has 2 nitrogen and oxygen atoms in total. The minimum Gasteiger partial charge on any atom is -0.451 e. The molecule has 0 N–H and O–H groups in total. The van der Waals surface area contributed by atoms with E-state index in [1.807, 2.05) is 59.7 Å². The predicted octanol–water partition coefficient (Wildman–Crippen LogP) is 8.39. The molecule has 4 unspecified atom stereocenters. The second-order valence-corrected chi connectivity index (χ2v) is 8.74. The summed E-state index contributed by atoms with van der Waals surface area (Å²) in [5.41, 5.74) is 1.23. The number of carbonyl (C=O) groups excluding carboxylic acids is 1. The number of esters is 1. The largest absolute Gasteiger partial charge is 0.451 e. The van der Waals surface area contributed by atoms with Crippen molar-refractivity contribution < 1.29 is 9.53 Å². The van der Waals surface area contributed by atoms with E-state index in [4.69, 9.17) is 4.74 Å². The first-order chi connectivity index (χ1) is 14.0. The van der Waals surface area contributed by atoms with Crippen molar-refractivity contribution in [3.63, 3.8) is 0 Å². The fourth-order valence-corrected chi connectivity index (χ4v) is 5.55. The minimum absolute atomic E-state index is 0.212. The second kappa shape index (κ2) is 12.4. The number of hydrogen-bond donors (Lipinski definition) is 0. The Morgan fingerprint density at radius 1 is 0.897 bits per heavy atom. The molecule has 1 aromatic carbocycles. The van der Waals surface area contributed by atoms with Crippen LogP contribution in [0.1, 0.15) is 116 Å². The number of benzene rings is 1. The van der Waals surface area contributed by atoms with Crippen molar-refractivity contribution in [1.29, 1.82) is 0 Å². The molecule has 2 bridgehead atoms. The number of ether oxygens (including phenoxy) is 1. The van der Waals surface area contributed by atoms with Crippen LogP contribution in [0.2, 0.25) is 0 Å². The molecule has 1 aromatic rings. The van der Waals surface area contributed by atoms with E-state index >= 15 is 0 Å². The molecule has 0 saturated heterocycles. The summed E-state index contributed by atoms with van der Waals surface area (Å²) < 4.78 is 5.18. The van der Waals surface area contributed by atoms with Crippen molar-refractivity contribution in [1.82, 2.24) is 0 Å². The van der Waals surface area contributed by atoms with Crippen LogP contribution in [0.5, 0.6) is 0 Å². The normalized spacial score (nSPS) is 28.6. The van der Waals surface area contributed by atoms with Crippen LogP contribution in [0.25, 0.3) is 0 Å². The zero-order valence-electron chi connectivity index (χ0n) is 20.4. The molecule has 1 heterocycles. The molecule has 0 radical (unpaired) electrons. The number of hydrogen-bond acceptors (Lipinski definition) is 2. The Labute approximate surface area is 180 Å². The summed E-state index contributed by atoms with van der Waals surface area (Å²) in [5, 5.41) is 0. The van der Waals surface area contributed by atoms with E-state index in [2.05, 4.69) is 13.8 Å². The maximum atomic E-state index is 11.3.